The first-order chi connectivity index (χ1) is 6.77. The fourth-order valence-electron chi connectivity index (χ4n) is 1.64. The van der Waals surface area contributed by atoms with Gasteiger partial charge in [-0.2, -0.15) is 5.10 Å². The molecule has 0 bridgehead atoms. The number of hydrogen-bond donors (Lipinski definition) is 0. The third-order valence-electron chi connectivity index (χ3n) is 2.49. The SMILES string of the molecule is Clc1c(Br)cc(C2CC2)c2ncnn12. The molecule has 2 heterocycles. The Kier molecular flexibility index (Phi) is 1.82. The quantitative estimate of drug-likeness (QED) is 0.747. The van der Waals surface area contributed by atoms with Gasteiger partial charge in [0.1, 0.15) is 11.5 Å². The minimum atomic E-state index is 0.585. The highest BCUT2D eigenvalue weighted by atomic mass is 79.9. The van der Waals surface area contributed by atoms with Gasteiger partial charge in [0.05, 0.1) is 4.47 Å². The minimum absolute atomic E-state index is 0.585. The normalized spacial score (nSPS) is 16.4. The molecule has 0 aromatic carbocycles. The van der Waals surface area contributed by atoms with Crippen LogP contribution in [0.25, 0.3) is 5.65 Å². The van der Waals surface area contributed by atoms with Crippen molar-refractivity contribution in [2.24, 2.45) is 0 Å². The molecule has 1 fully saturated rings. The predicted octanol–water partition coefficient (Wildman–Crippen LogP) is 3.02. The molecule has 2 aromatic rings. The zero-order chi connectivity index (χ0) is 9.71. The topological polar surface area (TPSA) is 30.2 Å². The first kappa shape index (κ1) is 8.68. The van der Waals surface area contributed by atoms with Crippen molar-refractivity contribution >= 4 is 33.2 Å². The standard InChI is InChI=1S/C9H7BrClN3/c10-7-3-6(5-1-2-5)9-12-4-13-14(9)8(7)11/h3-5H,1-2H2. The van der Waals surface area contributed by atoms with Gasteiger partial charge >= 0.3 is 0 Å². The molecule has 0 atom stereocenters. The maximum atomic E-state index is 6.08. The van der Waals surface area contributed by atoms with Gasteiger partial charge in [0, 0.05) is 5.56 Å². The Morgan fingerprint density at radius 2 is 2.29 bits per heavy atom. The van der Waals surface area contributed by atoms with Crippen molar-refractivity contribution < 1.29 is 0 Å². The summed E-state index contributed by atoms with van der Waals surface area (Å²) in [5.41, 5.74) is 2.14. The lowest BCUT2D eigenvalue weighted by Gasteiger charge is -2.04. The Balaban J connectivity index is 2.38. The number of hydrogen-bond acceptors (Lipinski definition) is 2. The zero-order valence-corrected chi connectivity index (χ0v) is 9.59. The Hall–Kier alpha value is -0.610. The molecule has 3 rings (SSSR count). The maximum Gasteiger partial charge on any atom is 0.160 e. The van der Waals surface area contributed by atoms with E-state index in [-0.39, 0.29) is 0 Å². The summed E-state index contributed by atoms with van der Waals surface area (Å²) in [6.45, 7) is 0. The summed E-state index contributed by atoms with van der Waals surface area (Å²) < 4.78 is 2.57. The molecule has 14 heavy (non-hydrogen) atoms. The van der Waals surface area contributed by atoms with E-state index in [9.17, 15) is 0 Å². The second kappa shape index (κ2) is 2.94. The summed E-state index contributed by atoms with van der Waals surface area (Å²) in [5.74, 6) is 0.648. The molecular weight excluding hydrogens is 265 g/mol. The van der Waals surface area contributed by atoms with Crippen LogP contribution in [0.3, 0.4) is 0 Å². The number of rotatable bonds is 1. The molecule has 1 saturated carbocycles. The molecule has 0 amide bonds. The highest BCUT2D eigenvalue weighted by Crippen LogP contribution is 2.43. The molecule has 2 aromatic heterocycles. The van der Waals surface area contributed by atoms with Gasteiger partial charge in [-0.05, 0) is 40.8 Å². The number of fused-ring (bicyclic) bond motifs is 1. The fraction of sp³-hybridized carbons (Fsp3) is 0.333. The first-order valence-corrected chi connectivity index (χ1v) is 5.62. The summed E-state index contributed by atoms with van der Waals surface area (Å²) in [6, 6.07) is 2.06. The summed E-state index contributed by atoms with van der Waals surface area (Å²) >= 11 is 9.51. The second-order valence-corrected chi connectivity index (χ2v) is 4.72. The number of halogens is 2. The van der Waals surface area contributed by atoms with Crippen LogP contribution in [-0.2, 0) is 0 Å². The van der Waals surface area contributed by atoms with Crippen LogP contribution >= 0.6 is 27.5 Å². The molecule has 3 nitrogen and oxygen atoms in total. The van der Waals surface area contributed by atoms with Crippen molar-refractivity contribution in [1.29, 1.82) is 0 Å². The first-order valence-electron chi connectivity index (χ1n) is 4.45. The highest BCUT2D eigenvalue weighted by Gasteiger charge is 2.27. The molecule has 0 unspecified atom stereocenters. The van der Waals surface area contributed by atoms with Crippen LogP contribution in [0, 0.1) is 0 Å². The van der Waals surface area contributed by atoms with Gasteiger partial charge in [0.15, 0.2) is 5.65 Å². The number of aromatic nitrogens is 3. The predicted molar refractivity (Wildman–Crippen MR) is 57.7 cm³/mol. The van der Waals surface area contributed by atoms with E-state index in [1.807, 2.05) is 0 Å². The lowest BCUT2D eigenvalue weighted by Crippen LogP contribution is -1.95. The Bertz CT molecular complexity index is 504. The van der Waals surface area contributed by atoms with E-state index in [0.717, 1.165) is 10.1 Å². The van der Waals surface area contributed by atoms with E-state index in [1.165, 1.54) is 18.4 Å². The molecule has 1 aliphatic rings. The number of pyridine rings is 1. The highest BCUT2D eigenvalue weighted by molar-refractivity contribution is 9.10. The Morgan fingerprint density at radius 3 is 3.00 bits per heavy atom. The van der Waals surface area contributed by atoms with E-state index in [1.54, 1.807) is 10.8 Å². The lowest BCUT2D eigenvalue weighted by atomic mass is 10.2. The van der Waals surface area contributed by atoms with Gasteiger partial charge in [0.25, 0.3) is 0 Å². The van der Waals surface area contributed by atoms with Crippen LogP contribution in [0.1, 0.15) is 24.3 Å². The third-order valence-corrected chi connectivity index (χ3v) is 3.68. The van der Waals surface area contributed by atoms with Gasteiger partial charge in [-0.1, -0.05) is 11.6 Å². The summed E-state index contributed by atoms with van der Waals surface area (Å²) in [6.07, 6.45) is 4.03. The molecule has 0 N–H and O–H groups in total. The summed E-state index contributed by atoms with van der Waals surface area (Å²) in [7, 11) is 0. The average molecular weight is 273 g/mol. The molecule has 0 spiro atoms. The summed E-state index contributed by atoms with van der Waals surface area (Å²) in [4.78, 5) is 4.23. The molecule has 0 saturated heterocycles. The van der Waals surface area contributed by atoms with Crippen molar-refractivity contribution in [2.75, 3.05) is 0 Å². The van der Waals surface area contributed by atoms with E-state index in [2.05, 4.69) is 32.1 Å². The smallest absolute Gasteiger partial charge is 0.160 e. The second-order valence-electron chi connectivity index (χ2n) is 3.51. The molecule has 72 valence electrons. The van der Waals surface area contributed by atoms with Gasteiger partial charge in [-0.25, -0.2) is 9.50 Å². The van der Waals surface area contributed by atoms with Crippen LogP contribution < -0.4 is 0 Å². The van der Waals surface area contributed by atoms with E-state index < -0.39 is 0 Å². The maximum absolute atomic E-state index is 6.08. The molecule has 1 aliphatic carbocycles. The van der Waals surface area contributed by atoms with Crippen LogP contribution in [0.2, 0.25) is 5.15 Å². The van der Waals surface area contributed by atoms with Crippen LogP contribution in [0.5, 0.6) is 0 Å². The van der Waals surface area contributed by atoms with Gasteiger partial charge < -0.3 is 0 Å². The van der Waals surface area contributed by atoms with Crippen molar-refractivity contribution in [3.05, 3.63) is 27.6 Å². The van der Waals surface area contributed by atoms with Gasteiger partial charge in [-0.3, -0.25) is 0 Å². The summed E-state index contributed by atoms with van der Waals surface area (Å²) in [5, 5.41) is 4.68. The van der Waals surface area contributed by atoms with Crippen molar-refractivity contribution in [3.63, 3.8) is 0 Å². The molecule has 0 aliphatic heterocycles. The fourth-order valence-corrected chi connectivity index (χ4v) is 2.23. The third kappa shape index (κ3) is 1.17. The van der Waals surface area contributed by atoms with Gasteiger partial charge in [-0.15, -0.1) is 0 Å². The minimum Gasteiger partial charge on any atom is -0.215 e. The monoisotopic (exact) mass is 271 g/mol. The van der Waals surface area contributed by atoms with E-state index >= 15 is 0 Å². The Morgan fingerprint density at radius 1 is 1.50 bits per heavy atom. The van der Waals surface area contributed by atoms with E-state index in [0.29, 0.717) is 11.1 Å². The molecular formula is C9H7BrClN3. The van der Waals surface area contributed by atoms with Crippen LogP contribution in [0.15, 0.2) is 16.9 Å². The molecule has 0 radical (unpaired) electrons. The Labute approximate surface area is 94.2 Å². The number of nitrogens with zero attached hydrogens (tertiary/aromatic N) is 3. The van der Waals surface area contributed by atoms with Crippen molar-refractivity contribution in [2.45, 2.75) is 18.8 Å². The largest absolute Gasteiger partial charge is 0.215 e. The average Bonchev–Trinajstić information content (AvgIpc) is 2.89. The van der Waals surface area contributed by atoms with E-state index in [4.69, 9.17) is 11.6 Å². The lowest BCUT2D eigenvalue weighted by molar-refractivity contribution is 0.940. The van der Waals surface area contributed by atoms with Gasteiger partial charge in [0.2, 0.25) is 0 Å². The van der Waals surface area contributed by atoms with Crippen molar-refractivity contribution in [3.8, 4) is 0 Å². The van der Waals surface area contributed by atoms with Crippen LogP contribution in [0.4, 0.5) is 0 Å². The van der Waals surface area contributed by atoms with Crippen molar-refractivity contribution in [1.82, 2.24) is 14.6 Å². The molecule has 5 heteroatoms. The zero-order valence-electron chi connectivity index (χ0n) is 7.24. The van der Waals surface area contributed by atoms with Crippen LogP contribution in [-0.4, -0.2) is 14.6 Å².